The third kappa shape index (κ3) is 5.88. The fourth-order valence-corrected chi connectivity index (χ4v) is 5.75. The van der Waals surface area contributed by atoms with Gasteiger partial charge in [0.25, 0.3) is 5.91 Å². The van der Waals surface area contributed by atoms with Crippen LogP contribution in [0.3, 0.4) is 0 Å². The number of aryl methyl sites for hydroxylation is 1. The summed E-state index contributed by atoms with van der Waals surface area (Å²) in [6.07, 6.45) is 5.30. The molecule has 2 aromatic carbocycles. The second-order valence-corrected chi connectivity index (χ2v) is 11.1. The van der Waals surface area contributed by atoms with E-state index in [0.29, 0.717) is 18.1 Å². The van der Waals surface area contributed by atoms with Crippen LogP contribution < -0.4 is 10.1 Å². The summed E-state index contributed by atoms with van der Waals surface area (Å²) < 4.78 is 11.9. The first kappa shape index (κ1) is 25.7. The molecular weight excluding hydrogens is 490 g/mol. The molecule has 204 valence electrons. The first-order valence-electron chi connectivity index (χ1n) is 14.3. The van der Waals surface area contributed by atoms with Crippen molar-refractivity contribution in [1.82, 2.24) is 15.1 Å². The number of nitrogens with zero attached hydrogens (tertiary/aromatic N) is 2. The highest BCUT2D eigenvalue weighted by atomic mass is 16.5. The van der Waals surface area contributed by atoms with Gasteiger partial charge < -0.3 is 24.3 Å². The Kier molecular flexibility index (Phi) is 7.42. The molecule has 39 heavy (non-hydrogen) atoms. The lowest BCUT2D eigenvalue weighted by atomic mass is 9.87. The van der Waals surface area contributed by atoms with Crippen LogP contribution in [-0.4, -0.2) is 54.3 Å². The maximum absolute atomic E-state index is 13.3. The minimum atomic E-state index is -0.199. The normalized spacial score (nSPS) is 19.1. The zero-order valence-electron chi connectivity index (χ0n) is 22.7. The fourth-order valence-electron chi connectivity index (χ4n) is 5.75. The summed E-state index contributed by atoms with van der Waals surface area (Å²) in [7, 11) is 0. The molecule has 6 rings (SSSR count). The number of amides is 2. The van der Waals surface area contributed by atoms with E-state index >= 15 is 0 Å². The molecule has 2 amide bonds. The van der Waals surface area contributed by atoms with Crippen molar-refractivity contribution in [2.75, 3.05) is 32.7 Å². The number of hydrogen-bond donors (Lipinski definition) is 1. The largest absolute Gasteiger partial charge is 0.486 e. The summed E-state index contributed by atoms with van der Waals surface area (Å²) in [5.74, 6) is 1.85. The highest BCUT2D eigenvalue weighted by Gasteiger charge is 2.39. The topological polar surface area (TPSA) is 75.0 Å². The first-order valence-corrected chi connectivity index (χ1v) is 14.3. The number of carbonyl (C=O) groups is 2. The summed E-state index contributed by atoms with van der Waals surface area (Å²) in [5.41, 5.74) is 4.69. The predicted molar refractivity (Wildman–Crippen MR) is 149 cm³/mol. The van der Waals surface area contributed by atoms with E-state index in [2.05, 4.69) is 58.4 Å². The highest BCUT2D eigenvalue weighted by Crippen LogP contribution is 2.41. The molecule has 2 aliphatic heterocycles. The molecule has 1 unspecified atom stereocenters. The number of hydrogen-bond acceptors (Lipinski definition) is 5. The average molecular weight is 528 g/mol. The van der Waals surface area contributed by atoms with Crippen LogP contribution in [0.1, 0.15) is 70.3 Å². The summed E-state index contributed by atoms with van der Waals surface area (Å²) in [5, 5.41) is 2.95. The van der Waals surface area contributed by atoms with Crippen molar-refractivity contribution in [1.29, 1.82) is 0 Å². The molecule has 3 aromatic rings. The van der Waals surface area contributed by atoms with E-state index in [-0.39, 0.29) is 30.4 Å². The lowest BCUT2D eigenvalue weighted by Crippen LogP contribution is -2.41. The highest BCUT2D eigenvalue weighted by molar-refractivity contribution is 5.91. The molecule has 1 saturated heterocycles. The number of rotatable bonds is 9. The molecule has 7 nitrogen and oxygen atoms in total. The van der Waals surface area contributed by atoms with Gasteiger partial charge in [-0.3, -0.25) is 9.59 Å². The molecule has 1 aromatic heterocycles. The van der Waals surface area contributed by atoms with Crippen LogP contribution in [0.4, 0.5) is 0 Å². The van der Waals surface area contributed by atoms with Crippen molar-refractivity contribution in [3.05, 3.63) is 88.4 Å². The molecule has 1 atom stereocenters. The van der Waals surface area contributed by atoms with Crippen LogP contribution in [0.2, 0.25) is 0 Å². The Balaban J connectivity index is 1.13. The van der Waals surface area contributed by atoms with Gasteiger partial charge >= 0.3 is 0 Å². The van der Waals surface area contributed by atoms with E-state index in [1.807, 2.05) is 6.07 Å². The van der Waals surface area contributed by atoms with E-state index in [9.17, 15) is 9.59 Å². The third-order valence-electron chi connectivity index (χ3n) is 8.13. The molecule has 0 radical (unpaired) electrons. The van der Waals surface area contributed by atoms with Gasteiger partial charge in [-0.15, -0.1) is 0 Å². The third-order valence-corrected chi connectivity index (χ3v) is 8.13. The van der Waals surface area contributed by atoms with Crippen molar-refractivity contribution >= 4 is 11.8 Å². The number of likely N-dealkylation sites (tertiary alicyclic amines) is 1. The fraction of sp³-hybridized carbons (Fsp3) is 0.438. The number of benzene rings is 2. The SMILES string of the molecule is Cc1ccc(C2c3cc(OCc4ccc(C(=O)NCCN5CCCC5)o4)ccc3CCN2C(=O)C2CC2)cc1. The van der Waals surface area contributed by atoms with E-state index in [1.165, 1.54) is 24.0 Å². The van der Waals surface area contributed by atoms with Crippen LogP contribution in [0, 0.1) is 12.8 Å². The molecule has 3 heterocycles. The molecular formula is C32H37N3O4. The summed E-state index contributed by atoms with van der Waals surface area (Å²) in [4.78, 5) is 30.2. The average Bonchev–Trinajstić information content (AvgIpc) is 3.46. The lowest BCUT2D eigenvalue weighted by molar-refractivity contribution is -0.134. The van der Waals surface area contributed by atoms with Crippen LogP contribution >= 0.6 is 0 Å². The Labute approximate surface area is 230 Å². The van der Waals surface area contributed by atoms with E-state index in [1.54, 1.807) is 12.1 Å². The Morgan fingerprint density at radius 2 is 1.79 bits per heavy atom. The molecule has 0 bridgehead atoms. The zero-order valence-corrected chi connectivity index (χ0v) is 22.7. The predicted octanol–water partition coefficient (Wildman–Crippen LogP) is 4.88. The molecule has 3 aliphatic rings. The van der Waals surface area contributed by atoms with Gasteiger partial charge in [0.2, 0.25) is 5.91 Å². The lowest BCUT2D eigenvalue weighted by Gasteiger charge is -2.38. The molecule has 2 fully saturated rings. The number of furan rings is 1. The van der Waals surface area contributed by atoms with Crippen LogP contribution in [0.15, 0.2) is 59.0 Å². The standard InChI is InChI=1S/C32H37N3O4/c1-22-4-6-24(7-5-22)30-28-20-26(11-10-23(28)14-18-35(30)32(37)25-8-9-25)38-21-27-12-13-29(39-27)31(36)33-15-19-34-16-2-3-17-34/h4-7,10-13,20,25,30H,2-3,8-9,14-19,21H2,1H3,(H,33,36). The van der Waals surface area contributed by atoms with Gasteiger partial charge in [0.1, 0.15) is 18.1 Å². The number of carbonyl (C=O) groups excluding carboxylic acids is 2. The Morgan fingerprint density at radius 3 is 2.56 bits per heavy atom. The van der Waals surface area contributed by atoms with Gasteiger partial charge in [0.15, 0.2) is 5.76 Å². The summed E-state index contributed by atoms with van der Waals surface area (Å²) >= 11 is 0. The van der Waals surface area contributed by atoms with Gasteiger partial charge in [0.05, 0.1) is 6.04 Å². The van der Waals surface area contributed by atoms with Gasteiger partial charge in [0, 0.05) is 25.6 Å². The van der Waals surface area contributed by atoms with Crippen molar-refractivity contribution in [3.63, 3.8) is 0 Å². The summed E-state index contributed by atoms with van der Waals surface area (Å²) in [6, 6.07) is 18.0. The van der Waals surface area contributed by atoms with Crippen molar-refractivity contribution in [2.45, 2.75) is 51.7 Å². The minimum absolute atomic E-state index is 0.120. The molecule has 1 saturated carbocycles. The van der Waals surface area contributed by atoms with Gasteiger partial charge in [-0.25, -0.2) is 0 Å². The van der Waals surface area contributed by atoms with E-state index in [4.69, 9.17) is 9.15 Å². The molecule has 1 N–H and O–H groups in total. The smallest absolute Gasteiger partial charge is 0.287 e. The quantitative estimate of drug-likeness (QED) is 0.430. The van der Waals surface area contributed by atoms with E-state index in [0.717, 1.165) is 62.3 Å². The first-order chi connectivity index (χ1) is 19.0. The zero-order chi connectivity index (χ0) is 26.8. The molecule has 1 aliphatic carbocycles. The van der Waals surface area contributed by atoms with E-state index < -0.39 is 0 Å². The number of fused-ring (bicyclic) bond motifs is 1. The Bertz CT molecular complexity index is 1320. The second-order valence-electron chi connectivity index (χ2n) is 11.1. The van der Waals surface area contributed by atoms with Gasteiger partial charge in [-0.1, -0.05) is 35.9 Å². The van der Waals surface area contributed by atoms with Crippen molar-refractivity contribution in [2.24, 2.45) is 5.92 Å². The van der Waals surface area contributed by atoms with Gasteiger partial charge in [-0.05, 0) is 93.1 Å². The number of ether oxygens (including phenoxy) is 1. The molecule has 0 spiro atoms. The van der Waals surface area contributed by atoms with Crippen LogP contribution in [0.5, 0.6) is 5.75 Å². The van der Waals surface area contributed by atoms with Crippen LogP contribution in [0.25, 0.3) is 0 Å². The van der Waals surface area contributed by atoms with Crippen molar-refractivity contribution in [3.8, 4) is 5.75 Å². The minimum Gasteiger partial charge on any atom is -0.486 e. The van der Waals surface area contributed by atoms with Gasteiger partial charge in [-0.2, -0.15) is 0 Å². The molecule has 7 heteroatoms. The Morgan fingerprint density at radius 1 is 1.00 bits per heavy atom. The second kappa shape index (κ2) is 11.3. The monoisotopic (exact) mass is 527 g/mol. The maximum atomic E-state index is 13.3. The Hall–Kier alpha value is -3.58. The maximum Gasteiger partial charge on any atom is 0.287 e. The van der Waals surface area contributed by atoms with Crippen molar-refractivity contribution < 1.29 is 18.7 Å². The number of nitrogens with one attached hydrogen (secondary N) is 1. The summed E-state index contributed by atoms with van der Waals surface area (Å²) in [6.45, 7) is 6.74. The van der Waals surface area contributed by atoms with Crippen LogP contribution in [-0.2, 0) is 17.8 Å².